The fourth-order valence-corrected chi connectivity index (χ4v) is 3.84. The average Bonchev–Trinajstić information content (AvgIpc) is 2.65. The number of hydrogen-bond donors (Lipinski definition) is 2. The minimum atomic E-state index is -1.10. The molecule has 0 aliphatic carbocycles. The largest absolute Gasteiger partial charge is 0.480 e. The molecule has 4 aromatic carbocycles. The van der Waals surface area contributed by atoms with Crippen LogP contribution in [0.25, 0.3) is 32.3 Å². The Morgan fingerprint density at radius 2 is 1.52 bits per heavy atom. The van der Waals surface area contributed by atoms with Crippen LogP contribution in [0.5, 0.6) is 0 Å². The fraction of sp³-hybridized carbons (Fsp3) is 0.250. The van der Waals surface area contributed by atoms with Crippen molar-refractivity contribution in [2.75, 3.05) is 0 Å². The summed E-state index contributed by atoms with van der Waals surface area (Å²) in [6.07, 6.45) is -0.564. The lowest BCUT2D eigenvalue weighted by Gasteiger charge is -2.22. The Kier molecular flexibility index (Phi) is 4.53. The summed E-state index contributed by atoms with van der Waals surface area (Å²) < 4.78 is 5.22. The first-order chi connectivity index (χ1) is 13.7. The van der Waals surface area contributed by atoms with Crippen LogP contribution < -0.4 is 5.32 Å². The third-order valence-corrected chi connectivity index (χ3v) is 5.03. The van der Waals surface area contributed by atoms with Crippen LogP contribution >= 0.6 is 0 Å². The molecule has 4 rings (SSSR count). The number of benzene rings is 4. The van der Waals surface area contributed by atoms with E-state index in [-0.39, 0.29) is 6.42 Å². The van der Waals surface area contributed by atoms with E-state index >= 15 is 0 Å². The van der Waals surface area contributed by atoms with Gasteiger partial charge in [0.1, 0.15) is 11.6 Å². The lowest BCUT2D eigenvalue weighted by Crippen LogP contribution is -2.44. The van der Waals surface area contributed by atoms with Gasteiger partial charge in [-0.05, 0) is 58.7 Å². The molecule has 0 spiro atoms. The van der Waals surface area contributed by atoms with Gasteiger partial charge >= 0.3 is 12.1 Å². The van der Waals surface area contributed by atoms with E-state index in [0.29, 0.717) is 0 Å². The molecule has 1 unspecified atom stereocenters. The summed E-state index contributed by atoms with van der Waals surface area (Å²) >= 11 is 0. The molecule has 0 aromatic heterocycles. The van der Waals surface area contributed by atoms with Crippen LogP contribution in [-0.2, 0) is 16.0 Å². The maximum atomic E-state index is 12.1. The number of nitrogens with one attached hydrogen (secondary N) is 1. The van der Waals surface area contributed by atoms with E-state index in [4.69, 9.17) is 4.74 Å². The van der Waals surface area contributed by atoms with E-state index in [9.17, 15) is 14.7 Å². The van der Waals surface area contributed by atoms with Gasteiger partial charge in [-0.3, -0.25) is 0 Å². The molecular formula is C24H23NO4. The average molecular weight is 389 g/mol. The minimum Gasteiger partial charge on any atom is -0.480 e. The van der Waals surface area contributed by atoms with Crippen LogP contribution in [0, 0.1) is 0 Å². The van der Waals surface area contributed by atoms with Crippen molar-refractivity contribution < 1.29 is 19.4 Å². The molecule has 2 N–H and O–H groups in total. The van der Waals surface area contributed by atoms with Crippen LogP contribution in [0.1, 0.15) is 26.3 Å². The highest BCUT2D eigenvalue weighted by Gasteiger charge is 2.25. The molecule has 0 aliphatic heterocycles. The highest BCUT2D eigenvalue weighted by molar-refractivity contribution is 6.23. The fourth-order valence-electron chi connectivity index (χ4n) is 3.84. The maximum absolute atomic E-state index is 12.1. The molecule has 0 saturated heterocycles. The Hall–Kier alpha value is -3.34. The van der Waals surface area contributed by atoms with Crippen molar-refractivity contribution in [2.24, 2.45) is 0 Å². The number of carbonyl (C=O) groups excluding carboxylic acids is 1. The van der Waals surface area contributed by atoms with E-state index in [1.807, 2.05) is 24.3 Å². The van der Waals surface area contributed by atoms with Crippen molar-refractivity contribution in [3.05, 3.63) is 60.2 Å². The van der Waals surface area contributed by atoms with Gasteiger partial charge in [-0.1, -0.05) is 54.6 Å². The van der Waals surface area contributed by atoms with Crippen molar-refractivity contribution in [2.45, 2.75) is 38.8 Å². The molecule has 0 radical (unpaired) electrons. The third-order valence-electron chi connectivity index (χ3n) is 5.03. The second kappa shape index (κ2) is 6.92. The highest BCUT2D eigenvalue weighted by atomic mass is 16.6. The van der Waals surface area contributed by atoms with E-state index in [1.54, 1.807) is 20.8 Å². The number of hydrogen-bond acceptors (Lipinski definition) is 3. The molecule has 0 fully saturated rings. The molecule has 29 heavy (non-hydrogen) atoms. The second-order valence-corrected chi connectivity index (χ2v) is 8.32. The zero-order valence-corrected chi connectivity index (χ0v) is 16.7. The van der Waals surface area contributed by atoms with Gasteiger partial charge in [0.15, 0.2) is 0 Å². The Labute approximate surface area is 168 Å². The van der Waals surface area contributed by atoms with E-state index < -0.39 is 23.7 Å². The molecule has 5 heteroatoms. The van der Waals surface area contributed by atoms with Crippen molar-refractivity contribution in [1.29, 1.82) is 0 Å². The van der Waals surface area contributed by atoms with Crippen LogP contribution in [0.3, 0.4) is 0 Å². The van der Waals surface area contributed by atoms with Gasteiger partial charge in [-0.2, -0.15) is 0 Å². The molecule has 148 valence electrons. The standard InChI is InChI=1S/C24H23NO4/c1-24(2,3)29-23(28)25-19(22(26)27)13-17-10-9-16-8-7-14-5-4-6-15-11-12-18(17)21(16)20(14)15/h4-12,19H,13H2,1-3H3,(H,25,28)(H,26,27). The number of carboxylic acid groups (broad SMARTS) is 1. The van der Waals surface area contributed by atoms with Gasteiger partial charge in [-0.25, -0.2) is 9.59 Å². The van der Waals surface area contributed by atoms with Gasteiger partial charge < -0.3 is 15.2 Å². The van der Waals surface area contributed by atoms with Crippen molar-refractivity contribution >= 4 is 44.4 Å². The zero-order valence-electron chi connectivity index (χ0n) is 16.7. The SMILES string of the molecule is CC(C)(C)OC(=O)NC(Cc1ccc2ccc3cccc4ccc1c2c34)C(=O)O. The second-order valence-electron chi connectivity index (χ2n) is 8.32. The van der Waals surface area contributed by atoms with Gasteiger partial charge in [0.2, 0.25) is 0 Å². The topological polar surface area (TPSA) is 75.6 Å². The van der Waals surface area contributed by atoms with Crippen molar-refractivity contribution in [1.82, 2.24) is 5.32 Å². The first kappa shape index (κ1) is 19.0. The number of rotatable bonds is 4. The predicted octanol–water partition coefficient (Wildman–Crippen LogP) is 5.10. The highest BCUT2D eigenvalue weighted by Crippen LogP contribution is 2.36. The van der Waals surface area contributed by atoms with E-state index in [2.05, 4.69) is 35.6 Å². The Morgan fingerprint density at radius 1 is 0.931 bits per heavy atom. The molecule has 1 atom stereocenters. The van der Waals surface area contributed by atoms with Crippen LogP contribution in [0.2, 0.25) is 0 Å². The summed E-state index contributed by atoms with van der Waals surface area (Å²) in [6, 6.07) is 17.4. The van der Waals surface area contributed by atoms with Gasteiger partial charge in [0, 0.05) is 6.42 Å². The predicted molar refractivity (Wildman–Crippen MR) is 115 cm³/mol. The first-order valence-electron chi connectivity index (χ1n) is 9.61. The molecule has 0 saturated carbocycles. The van der Waals surface area contributed by atoms with Crippen LogP contribution in [-0.4, -0.2) is 28.8 Å². The number of carbonyl (C=O) groups is 2. The smallest absolute Gasteiger partial charge is 0.408 e. The molecular weight excluding hydrogens is 366 g/mol. The first-order valence-corrected chi connectivity index (χ1v) is 9.61. The monoisotopic (exact) mass is 389 g/mol. The third kappa shape index (κ3) is 3.68. The lowest BCUT2D eigenvalue weighted by atomic mass is 9.90. The zero-order chi connectivity index (χ0) is 20.8. The number of ether oxygens (including phenoxy) is 1. The molecule has 1 amide bonds. The summed E-state index contributed by atoms with van der Waals surface area (Å²) in [7, 11) is 0. The Balaban J connectivity index is 1.74. The molecule has 0 aliphatic rings. The lowest BCUT2D eigenvalue weighted by molar-refractivity contribution is -0.139. The summed E-state index contributed by atoms with van der Waals surface area (Å²) in [5, 5.41) is 18.9. The van der Waals surface area contributed by atoms with Crippen LogP contribution in [0.15, 0.2) is 54.6 Å². The normalized spacial score (nSPS) is 13.1. The van der Waals surface area contributed by atoms with Gasteiger partial charge in [0.05, 0.1) is 0 Å². The Morgan fingerprint density at radius 3 is 2.14 bits per heavy atom. The van der Waals surface area contributed by atoms with E-state index in [1.165, 1.54) is 5.39 Å². The Bertz CT molecular complexity index is 1210. The molecule has 5 nitrogen and oxygen atoms in total. The number of aliphatic carboxylic acids is 1. The molecule has 4 aromatic rings. The molecule has 0 heterocycles. The molecule has 0 bridgehead atoms. The van der Waals surface area contributed by atoms with Crippen molar-refractivity contribution in [3.63, 3.8) is 0 Å². The van der Waals surface area contributed by atoms with Crippen LogP contribution in [0.4, 0.5) is 4.79 Å². The maximum Gasteiger partial charge on any atom is 0.408 e. The summed E-state index contributed by atoms with van der Waals surface area (Å²) in [5.41, 5.74) is 0.180. The van der Waals surface area contributed by atoms with Crippen molar-refractivity contribution in [3.8, 4) is 0 Å². The number of amides is 1. The summed E-state index contributed by atoms with van der Waals surface area (Å²) in [6.45, 7) is 5.22. The summed E-state index contributed by atoms with van der Waals surface area (Å²) in [5.74, 6) is -1.10. The number of carboxylic acids is 1. The number of alkyl carbamates (subject to hydrolysis) is 1. The quantitative estimate of drug-likeness (QED) is 0.476. The summed E-state index contributed by atoms with van der Waals surface area (Å²) in [4.78, 5) is 23.9. The minimum absolute atomic E-state index is 0.169. The van der Waals surface area contributed by atoms with Gasteiger partial charge in [0.25, 0.3) is 0 Å². The van der Waals surface area contributed by atoms with E-state index in [0.717, 1.165) is 32.5 Å². The van der Waals surface area contributed by atoms with Gasteiger partial charge in [-0.15, -0.1) is 0 Å².